The zero-order valence-electron chi connectivity index (χ0n) is 15.3. The van der Waals surface area contributed by atoms with Crippen molar-refractivity contribution in [3.05, 3.63) is 59.2 Å². The van der Waals surface area contributed by atoms with E-state index in [2.05, 4.69) is 11.0 Å². The first kappa shape index (κ1) is 16.2. The molecule has 2 aliphatic rings. The van der Waals surface area contributed by atoms with E-state index >= 15 is 0 Å². The third-order valence-corrected chi connectivity index (χ3v) is 5.80. The van der Waals surface area contributed by atoms with Gasteiger partial charge in [0.05, 0.1) is 5.69 Å². The first-order valence-corrected chi connectivity index (χ1v) is 9.66. The molecular formula is C23H23N3O. The quantitative estimate of drug-likeness (QED) is 0.521. The summed E-state index contributed by atoms with van der Waals surface area (Å²) >= 11 is 0. The molecule has 4 heteroatoms. The molecule has 27 heavy (non-hydrogen) atoms. The Hall–Kier alpha value is -3.01. The molecular weight excluding hydrogens is 334 g/mol. The molecule has 4 nitrogen and oxygen atoms in total. The number of benzene rings is 3. The molecule has 136 valence electrons. The van der Waals surface area contributed by atoms with Gasteiger partial charge < -0.3 is 15.7 Å². The second-order valence-corrected chi connectivity index (χ2v) is 7.47. The smallest absolute Gasteiger partial charge is 0.129 e. The maximum Gasteiger partial charge on any atom is 0.129 e. The molecule has 0 saturated carbocycles. The number of rotatable bonds is 2. The Morgan fingerprint density at radius 2 is 1.78 bits per heavy atom. The molecule has 5 rings (SSSR count). The molecule has 3 aromatic carbocycles. The predicted octanol–water partition coefficient (Wildman–Crippen LogP) is 4.58. The minimum Gasteiger partial charge on any atom is -0.507 e. The van der Waals surface area contributed by atoms with Crippen molar-refractivity contribution in [1.82, 2.24) is 0 Å². The van der Waals surface area contributed by atoms with E-state index in [0.717, 1.165) is 65.6 Å². The van der Waals surface area contributed by atoms with Gasteiger partial charge in [-0.1, -0.05) is 24.3 Å². The molecule has 0 radical (unpaired) electrons. The van der Waals surface area contributed by atoms with Crippen molar-refractivity contribution in [2.24, 2.45) is 4.99 Å². The molecule has 0 unspecified atom stereocenters. The normalized spacial score (nSPS) is 16.1. The molecule has 0 atom stereocenters. The van der Waals surface area contributed by atoms with Crippen LogP contribution in [0.15, 0.2) is 47.5 Å². The summed E-state index contributed by atoms with van der Waals surface area (Å²) in [6.07, 6.45) is 6.10. The Bertz CT molecular complexity index is 1070. The van der Waals surface area contributed by atoms with Crippen molar-refractivity contribution in [3.8, 4) is 5.75 Å². The van der Waals surface area contributed by atoms with Crippen molar-refractivity contribution < 1.29 is 5.11 Å². The van der Waals surface area contributed by atoms with Crippen molar-refractivity contribution in [1.29, 1.82) is 0 Å². The summed E-state index contributed by atoms with van der Waals surface area (Å²) in [7, 11) is 0. The van der Waals surface area contributed by atoms with E-state index in [1.807, 2.05) is 36.4 Å². The van der Waals surface area contributed by atoms with Gasteiger partial charge in [-0.05, 0) is 49.4 Å². The summed E-state index contributed by atoms with van der Waals surface area (Å²) in [5.74, 6) is 0.392. The number of phenolic OH excluding ortho intramolecular Hbond substituents is 1. The second kappa shape index (κ2) is 6.31. The van der Waals surface area contributed by atoms with Crippen LogP contribution in [0, 0.1) is 0 Å². The van der Waals surface area contributed by atoms with Crippen LogP contribution >= 0.6 is 0 Å². The van der Waals surface area contributed by atoms with E-state index in [1.54, 1.807) is 6.21 Å². The van der Waals surface area contributed by atoms with Gasteiger partial charge in [-0.3, -0.25) is 4.99 Å². The summed E-state index contributed by atoms with van der Waals surface area (Å²) < 4.78 is 0. The lowest BCUT2D eigenvalue weighted by Gasteiger charge is -2.37. The number of nitrogens with zero attached hydrogens (tertiary/aromatic N) is 2. The molecule has 0 bridgehead atoms. The highest BCUT2D eigenvalue weighted by atomic mass is 16.3. The lowest BCUT2D eigenvalue weighted by atomic mass is 9.89. The Labute approximate surface area is 159 Å². The number of phenols is 1. The monoisotopic (exact) mass is 357 g/mol. The fourth-order valence-corrected chi connectivity index (χ4v) is 4.52. The topological polar surface area (TPSA) is 61.9 Å². The van der Waals surface area contributed by atoms with E-state index in [4.69, 9.17) is 10.7 Å². The molecule has 0 fully saturated rings. The van der Waals surface area contributed by atoms with Gasteiger partial charge in [0.15, 0.2) is 0 Å². The molecule has 0 aliphatic carbocycles. The number of hydrogen-bond acceptors (Lipinski definition) is 4. The standard InChI is InChI=1S/C23H23N3O/c24-20-9-10-21(18-7-2-1-6-17(18)20)25-14-16-13-15-5-3-11-26-12-4-8-19(22(15)26)23(16)27/h1-2,6-7,9-10,13-14,27H,3-5,8,11-12,24H2/b25-14+. The van der Waals surface area contributed by atoms with Crippen LogP contribution in [-0.4, -0.2) is 24.4 Å². The van der Waals surface area contributed by atoms with Gasteiger partial charge in [-0.25, -0.2) is 0 Å². The van der Waals surface area contributed by atoms with Crippen molar-refractivity contribution >= 4 is 34.0 Å². The third kappa shape index (κ3) is 2.64. The first-order valence-electron chi connectivity index (χ1n) is 9.66. The average molecular weight is 357 g/mol. The second-order valence-electron chi connectivity index (χ2n) is 7.47. The van der Waals surface area contributed by atoms with E-state index in [1.165, 1.54) is 17.7 Å². The molecule has 3 aromatic rings. The summed E-state index contributed by atoms with van der Waals surface area (Å²) in [6.45, 7) is 2.20. The van der Waals surface area contributed by atoms with Crippen LogP contribution < -0.4 is 10.6 Å². The van der Waals surface area contributed by atoms with Gasteiger partial charge in [0.25, 0.3) is 0 Å². The van der Waals surface area contributed by atoms with Crippen LogP contribution in [0.2, 0.25) is 0 Å². The van der Waals surface area contributed by atoms with Gasteiger partial charge in [-0.2, -0.15) is 0 Å². The van der Waals surface area contributed by atoms with Crippen LogP contribution in [0.5, 0.6) is 5.75 Å². The molecule has 2 aliphatic heterocycles. The van der Waals surface area contributed by atoms with E-state index in [-0.39, 0.29) is 0 Å². The SMILES string of the molecule is Nc1ccc(/N=C/c2cc3c4c(c2O)CCCN4CCC3)c2ccccc12. The largest absolute Gasteiger partial charge is 0.507 e. The summed E-state index contributed by atoms with van der Waals surface area (Å²) in [6, 6.07) is 14.0. The Morgan fingerprint density at radius 3 is 2.63 bits per heavy atom. The van der Waals surface area contributed by atoms with Crippen molar-refractivity contribution in [3.63, 3.8) is 0 Å². The third-order valence-electron chi connectivity index (χ3n) is 5.80. The number of aliphatic imine (C=N–C) groups is 1. The number of aromatic hydroxyl groups is 1. The fourth-order valence-electron chi connectivity index (χ4n) is 4.52. The van der Waals surface area contributed by atoms with Crippen LogP contribution in [-0.2, 0) is 12.8 Å². The van der Waals surface area contributed by atoms with Gasteiger partial charge >= 0.3 is 0 Å². The Morgan fingerprint density at radius 1 is 1.00 bits per heavy atom. The first-order chi connectivity index (χ1) is 13.2. The molecule has 0 spiro atoms. The highest BCUT2D eigenvalue weighted by Crippen LogP contribution is 2.41. The van der Waals surface area contributed by atoms with E-state index in [9.17, 15) is 5.11 Å². The maximum absolute atomic E-state index is 10.9. The van der Waals surface area contributed by atoms with Crippen LogP contribution in [0.1, 0.15) is 29.5 Å². The maximum atomic E-state index is 10.9. The van der Waals surface area contributed by atoms with Crippen LogP contribution in [0.25, 0.3) is 10.8 Å². The molecule has 3 N–H and O–H groups in total. The zero-order chi connectivity index (χ0) is 18.4. The summed E-state index contributed by atoms with van der Waals surface area (Å²) in [5.41, 5.74) is 12.3. The number of anilines is 2. The molecule has 2 heterocycles. The number of hydrogen-bond donors (Lipinski definition) is 2. The minimum atomic E-state index is 0.392. The van der Waals surface area contributed by atoms with Crippen molar-refractivity contribution in [2.75, 3.05) is 23.7 Å². The molecule has 0 saturated heterocycles. The Balaban J connectivity index is 1.60. The van der Waals surface area contributed by atoms with Crippen molar-refractivity contribution in [2.45, 2.75) is 25.7 Å². The molecule has 0 aromatic heterocycles. The number of nitrogens with two attached hydrogens (primary N) is 1. The van der Waals surface area contributed by atoms with Gasteiger partial charge in [0.1, 0.15) is 5.75 Å². The van der Waals surface area contributed by atoms with E-state index in [0.29, 0.717) is 5.75 Å². The van der Waals surface area contributed by atoms with E-state index < -0.39 is 0 Å². The number of fused-ring (bicyclic) bond motifs is 1. The van der Waals surface area contributed by atoms with Gasteiger partial charge in [0.2, 0.25) is 0 Å². The lowest BCUT2D eigenvalue weighted by Crippen LogP contribution is -2.34. The minimum absolute atomic E-state index is 0.392. The van der Waals surface area contributed by atoms with Crippen LogP contribution in [0.4, 0.5) is 17.1 Å². The lowest BCUT2D eigenvalue weighted by molar-refractivity contribution is 0.461. The summed E-state index contributed by atoms with van der Waals surface area (Å²) in [5, 5.41) is 12.9. The zero-order valence-corrected chi connectivity index (χ0v) is 15.3. The number of aryl methyl sites for hydroxylation is 1. The summed E-state index contributed by atoms with van der Waals surface area (Å²) in [4.78, 5) is 7.15. The Kier molecular flexibility index (Phi) is 3.78. The number of nitrogen functional groups attached to an aromatic ring is 1. The van der Waals surface area contributed by atoms with Crippen LogP contribution in [0.3, 0.4) is 0 Å². The fraction of sp³-hybridized carbons (Fsp3) is 0.261. The highest BCUT2D eigenvalue weighted by Gasteiger charge is 2.27. The van der Waals surface area contributed by atoms with Gasteiger partial charge in [0, 0.05) is 52.6 Å². The average Bonchev–Trinajstić information content (AvgIpc) is 2.71. The highest BCUT2D eigenvalue weighted by molar-refractivity contribution is 6.02. The predicted molar refractivity (Wildman–Crippen MR) is 113 cm³/mol. The van der Waals surface area contributed by atoms with Gasteiger partial charge in [-0.15, -0.1) is 0 Å². The molecule has 0 amide bonds.